The standard InChI is InChI=1S/C17H23BrN2O.ClH/c18-15-3-1-2-14(10-15)12-20(16-5-6-16)17(21)7-4-13-8-9-19-11-13;/h1-3,10,13,16,19H,4-9,11-12H2;1H. The summed E-state index contributed by atoms with van der Waals surface area (Å²) in [6, 6.07) is 8.77. The topological polar surface area (TPSA) is 32.3 Å². The summed E-state index contributed by atoms with van der Waals surface area (Å²) < 4.78 is 1.08. The Balaban J connectivity index is 0.00000176. The minimum absolute atomic E-state index is 0. The third-order valence-corrected chi connectivity index (χ3v) is 4.97. The zero-order chi connectivity index (χ0) is 14.7. The van der Waals surface area contributed by atoms with E-state index in [1.165, 1.54) is 24.8 Å². The average molecular weight is 388 g/mol. The van der Waals surface area contributed by atoms with Crippen LogP contribution in [0.25, 0.3) is 0 Å². The number of halogens is 2. The summed E-state index contributed by atoms with van der Waals surface area (Å²) >= 11 is 3.51. The molecule has 0 aromatic heterocycles. The summed E-state index contributed by atoms with van der Waals surface area (Å²) in [6.45, 7) is 2.96. The fraction of sp³-hybridized carbons (Fsp3) is 0.588. The lowest BCUT2D eigenvalue weighted by Crippen LogP contribution is -2.32. The number of nitrogens with zero attached hydrogens (tertiary/aromatic N) is 1. The van der Waals surface area contributed by atoms with Gasteiger partial charge < -0.3 is 10.2 Å². The van der Waals surface area contributed by atoms with E-state index in [0.717, 1.165) is 30.5 Å². The van der Waals surface area contributed by atoms with Gasteiger partial charge in [-0.05, 0) is 62.4 Å². The smallest absolute Gasteiger partial charge is 0.223 e. The van der Waals surface area contributed by atoms with Crippen molar-refractivity contribution in [1.82, 2.24) is 10.2 Å². The summed E-state index contributed by atoms with van der Waals surface area (Å²) in [6.07, 6.45) is 5.31. The molecule has 0 spiro atoms. The number of hydrogen-bond donors (Lipinski definition) is 1. The summed E-state index contributed by atoms with van der Waals surface area (Å²) in [5, 5.41) is 3.38. The molecule has 1 aromatic carbocycles. The summed E-state index contributed by atoms with van der Waals surface area (Å²) in [7, 11) is 0. The van der Waals surface area contributed by atoms with E-state index in [0.29, 0.717) is 24.3 Å². The fourth-order valence-electron chi connectivity index (χ4n) is 3.07. The number of nitrogens with one attached hydrogen (secondary N) is 1. The van der Waals surface area contributed by atoms with E-state index in [4.69, 9.17) is 0 Å². The monoisotopic (exact) mass is 386 g/mol. The van der Waals surface area contributed by atoms with Crippen LogP contribution in [0.15, 0.2) is 28.7 Å². The van der Waals surface area contributed by atoms with Crippen molar-refractivity contribution in [3.8, 4) is 0 Å². The molecular weight excluding hydrogens is 364 g/mol. The van der Waals surface area contributed by atoms with Gasteiger partial charge in [0.25, 0.3) is 0 Å². The van der Waals surface area contributed by atoms with Crippen LogP contribution in [0.2, 0.25) is 0 Å². The Morgan fingerprint density at radius 1 is 1.32 bits per heavy atom. The lowest BCUT2D eigenvalue weighted by Gasteiger charge is -2.23. The van der Waals surface area contributed by atoms with Gasteiger partial charge in [0.1, 0.15) is 0 Å². The molecule has 22 heavy (non-hydrogen) atoms. The minimum atomic E-state index is 0. The maximum Gasteiger partial charge on any atom is 0.223 e. The molecule has 0 radical (unpaired) electrons. The zero-order valence-electron chi connectivity index (χ0n) is 12.8. The van der Waals surface area contributed by atoms with Gasteiger partial charge in [-0.15, -0.1) is 12.4 Å². The molecule has 1 unspecified atom stereocenters. The van der Waals surface area contributed by atoms with Gasteiger partial charge in [0.05, 0.1) is 0 Å². The molecule has 1 saturated heterocycles. The predicted octanol–water partition coefficient (Wildman–Crippen LogP) is 3.75. The van der Waals surface area contributed by atoms with E-state index >= 15 is 0 Å². The molecule has 1 amide bonds. The van der Waals surface area contributed by atoms with Gasteiger partial charge in [-0.1, -0.05) is 28.1 Å². The molecule has 2 fully saturated rings. The van der Waals surface area contributed by atoms with E-state index in [-0.39, 0.29) is 12.4 Å². The predicted molar refractivity (Wildman–Crippen MR) is 95.2 cm³/mol. The normalized spacial score (nSPS) is 20.5. The lowest BCUT2D eigenvalue weighted by atomic mass is 10.0. The summed E-state index contributed by atoms with van der Waals surface area (Å²) in [5.41, 5.74) is 1.21. The zero-order valence-corrected chi connectivity index (χ0v) is 15.2. The number of amides is 1. The molecule has 1 aliphatic heterocycles. The molecule has 1 aliphatic carbocycles. The van der Waals surface area contributed by atoms with Gasteiger partial charge in [0.15, 0.2) is 0 Å². The molecule has 1 N–H and O–H groups in total. The van der Waals surface area contributed by atoms with E-state index in [1.54, 1.807) is 0 Å². The van der Waals surface area contributed by atoms with Crippen molar-refractivity contribution in [3.63, 3.8) is 0 Å². The third kappa shape index (κ3) is 4.97. The highest BCUT2D eigenvalue weighted by Crippen LogP contribution is 2.30. The number of carbonyl (C=O) groups excluding carboxylic acids is 1. The molecule has 3 nitrogen and oxygen atoms in total. The van der Waals surface area contributed by atoms with Crippen LogP contribution in [0, 0.1) is 5.92 Å². The van der Waals surface area contributed by atoms with E-state index in [9.17, 15) is 4.79 Å². The van der Waals surface area contributed by atoms with Crippen molar-refractivity contribution in [2.75, 3.05) is 13.1 Å². The Morgan fingerprint density at radius 2 is 2.14 bits per heavy atom. The van der Waals surface area contributed by atoms with Crippen LogP contribution >= 0.6 is 28.3 Å². The Labute approximate surface area is 147 Å². The Kier molecular flexibility index (Phi) is 6.72. The fourth-order valence-corrected chi connectivity index (χ4v) is 3.52. The number of hydrogen-bond acceptors (Lipinski definition) is 2. The molecule has 0 bridgehead atoms. The molecular formula is C17H24BrClN2O. The Hall–Kier alpha value is -0.580. The van der Waals surface area contributed by atoms with Gasteiger partial charge in [-0.2, -0.15) is 0 Å². The number of carbonyl (C=O) groups is 1. The molecule has 2 aliphatic rings. The number of benzene rings is 1. The molecule has 1 saturated carbocycles. The van der Waals surface area contributed by atoms with Crippen LogP contribution in [-0.2, 0) is 11.3 Å². The molecule has 1 aromatic rings. The second-order valence-corrected chi connectivity index (χ2v) is 7.20. The largest absolute Gasteiger partial charge is 0.335 e. The SMILES string of the molecule is Cl.O=C(CCC1CCNC1)N(Cc1cccc(Br)c1)C1CC1. The Bertz CT molecular complexity index is 501. The molecule has 1 heterocycles. The van der Waals surface area contributed by atoms with Crippen LogP contribution in [0.4, 0.5) is 0 Å². The third-order valence-electron chi connectivity index (χ3n) is 4.48. The van der Waals surface area contributed by atoms with E-state index in [1.807, 2.05) is 12.1 Å². The highest BCUT2D eigenvalue weighted by Gasteiger charge is 2.32. The second kappa shape index (κ2) is 8.32. The summed E-state index contributed by atoms with van der Waals surface area (Å²) in [5.74, 6) is 1.03. The lowest BCUT2D eigenvalue weighted by molar-refractivity contribution is -0.132. The van der Waals surface area contributed by atoms with Crippen molar-refractivity contribution in [2.45, 2.75) is 44.7 Å². The van der Waals surface area contributed by atoms with Gasteiger partial charge in [-0.3, -0.25) is 4.79 Å². The first-order valence-electron chi connectivity index (χ1n) is 7.97. The highest BCUT2D eigenvalue weighted by atomic mass is 79.9. The van der Waals surface area contributed by atoms with Crippen LogP contribution < -0.4 is 5.32 Å². The van der Waals surface area contributed by atoms with Gasteiger partial charge in [0, 0.05) is 23.5 Å². The van der Waals surface area contributed by atoms with E-state index < -0.39 is 0 Å². The molecule has 1 atom stereocenters. The van der Waals surface area contributed by atoms with Crippen molar-refractivity contribution < 1.29 is 4.79 Å². The first kappa shape index (κ1) is 17.8. The first-order valence-corrected chi connectivity index (χ1v) is 8.76. The average Bonchev–Trinajstić information content (AvgIpc) is 3.18. The van der Waals surface area contributed by atoms with E-state index in [2.05, 4.69) is 38.3 Å². The van der Waals surface area contributed by atoms with Crippen molar-refractivity contribution in [2.24, 2.45) is 5.92 Å². The van der Waals surface area contributed by atoms with Crippen LogP contribution in [0.3, 0.4) is 0 Å². The Morgan fingerprint density at radius 3 is 2.77 bits per heavy atom. The van der Waals surface area contributed by atoms with Crippen molar-refractivity contribution in [3.05, 3.63) is 34.3 Å². The maximum absolute atomic E-state index is 12.6. The quantitative estimate of drug-likeness (QED) is 0.806. The van der Waals surface area contributed by atoms with Crippen molar-refractivity contribution in [1.29, 1.82) is 0 Å². The van der Waals surface area contributed by atoms with Gasteiger partial charge in [-0.25, -0.2) is 0 Å². The maximum atomic E-state index is 12.6. The highest BCUT2D eigenvalue weighted by molar-refractivity contribution is 9.10. The second-order valence-electron chi connectivity index (χ2n) is 6.28. The van der Waals surface area contributed by atoms with Crippen molar-refractivity contribution >= 4 is 34.2 Å². The molecule has 3 rings (SSSR count). The van der Waals surface area contributed by atoms with Crippen LogP contribution in [-0.4, -0.2) is 29.9 Å². The minimum Gasteiger partial charge on any atom is -0.335 e. The van der Waals surface area contributed by atoms with Crippen LogP contribution in [0.5, 0.6) is 0 Å². The summed E-state index contributed by atoms with van der Waals surface area (Å²) in [4.78, 5) is 14.7. The van der Waals surface area contributed by atoms with Gasteiger partial charge >= 0.3 is 0 Å². The molecule has 5 heteroatoms. The molecule has 122 valence electrons. The number of rotatable bonds is 6. The van der Waals surface area contributed by atoms with Crippen LogP contribution in [0.1, 0.15) is 37.7 Å². The first-order chi connectivity index (χ1) is 10.2. The van der Waals surface area contributed by atoms with Gasteiger partial charge in [0.2, 0.25) is 5.91 Å².